The number of nitro groups is 1. The third-order valence-corrected chi connectivity index (χ3v) is 3.72. The number of ether oxygens (including phenoxy) is 2. The molecule has 8 heteroatoms. The summed E-state index contributed by atoms with van der Waals surface area (Å²) in [6.07, 6.45) is 2.93. The Morgan fingerprint density at radius 2 is 1.85 bits per heavy atom. The zero-order valence-electron chi connectivity index (χ0n) is 14.9. The zero-order valence-corrected chi connectivity index (χ0v) is 15.7. The van der Waals surface area contributed by atoms with Gasteiger partial charge in [-0.15, -0.1) is 0 Å². The highest BCUT2D eigenvalue weighted by Crippen LogP contribution is 2.29. The lowest BCUT2D eigenvalue weighted by atomic mass is 10.2. The van der Waals surface area contributed by atoms with Gasteiger partial charge in [-0.05, 0) is 49.8 Å². The SMILES string of the molecule is CCOc1ccc(/C=C/C(=O)Nc2ccc(Cl)c([N+](=O)[O-])c2)cc1OCC. The summed E-state index contributed by atoms with van der Waals surface area (Å²) in [6, 6.07) is 9.40. The molecule has 2 aromatic carbocycles. The number of amides is 1. The summed E-state index contributed by atoms with van der Waals surface area (Å²) in [5.74, 6) is 0.795. The van der Waals surface area contributed by atoms with Crippen molar-refractivity contribution in [1.82, 2.24) is 0 Å². The van der Waals surface area contributed by atoms with Crippen LogP contribution >= 0.6 is 11.6 Å². The van der Waals surface area contributed by atoms with E-state index >= 15 is 0 Å². The van der Waals surface area contributed by atoms with Crippen LogP contribution in [0.2, 0.25) is 5.02 Å². The van der Waals surface area contributed by atoms with E-state index in [9.17, 15) is 14.9 Å². The Bertz CT molecular complexity index is 867. The van der Waals surface area contributed by atoms with Crippen LogP contribution in [-0.2, 0) is 4.79 Å². The Kier molecular flexibility index (Phi) is 7.19. The average Bonchev–Trinajstić information content (AvgIpc) is 2.63. The van der Waals surface area contributed by atoms with Crippen molar-refractivity contribution in [3.8, 4) is 11.5 Å². The lowest BCUT2D eigenvalue weighted by Crippen LogP contribution is -2.08. The van der Waals surface area contributed by atoms with E-state index in [1.807, 2.05) is 13.8 Å². The normalized spacial score (nSPS) is 10.6. The zero-order chi connectivity index (χ0) is 19.8. The summed E-state index contributed by atoms with van der Waals surface area (Å²) < 4.78 is 11.0. The Labute approximate surface area is 161 Å². The molecule has 0 unspecified atom stereocenters. The Balaban J connectivity index is 2.11. The molecular weight excluding hydrogens is 372 g/mol. The van der Waals surface area contributed by atoms with Gasteiger partial charge in [-0.3, -0.25) is 14.9 Å². The average molecular weight is 391 g/mol. The fourth-order valence-corrected chi connectivity index (χ4v) is 2.44. The molecule has 0 radical (unpaired) electrons. The van der Waals surface area contributed by atoms with E-state index in [1.165, 1.54) is 24.3 Å². The van der Waals surface area contributed by atoms with Crippen LogP contribution in [0.15, 0.2) is 42.5 Å². The summed E-state index contributed by atoms with van der Waals surface area (Å²) in [5, 5.41) is 13.5. The molecule has 0 saturated heterocycles. The number of rotatable bonds is 8. The van der Waals surface area contributed by atoms with E-state index in [0.717, 1.165) is 5.56 Å². The number of carbonyl (C=O) groups excluding carboxylic acids is 1. The molecule has 0 saturated carbocycles. The van der Waals surface area contributed by atoms with Crippen LogP contribution in [0.4, 0.5) is 11.4 Å². The molecule has 2 rings (SSSR count). The number of hydrogen-bond acceptors (Lipinski definition) is 5. The number of anilines is 1. The van der Waals surface area contributed by atoms with Gasteiger partial charge in [0, 0.05) is 17.8 Å². The van der Waals surface area contributed by atoms with Gasteiger partial charge in [0.05, 0.1) is 18.1 Å². The van der Waals surface area contributed by atoms with Gasteiger partial charge >= 0.3 is 0 Å². The van der Waals surface area contributed by atoms with E-state index in [4.69, 9.17) is 21.1 Å². The fourth-order valence-electron chi connectivity index (χ4n) is 2.26. The van der Waals surface area contributed by atoms with Crippen molar-refractivity contribution >= 4 is 35.0 Å². The fraction of sp³-hybridized carbons (Fsp3) is 0.211. The second-order valence-corrected chi connectivity index (χ2v) is 5.73. The first kappa shape index (κ1) is 20.3. The minimum absolute atomic E-state index is 0.00591. The highest BCUT2D eigenvalue weighted by Gasteiger charge is 2.13. The lowest BCUT2D eigenvalue weighted by molar-refractivity contribution is -0.384. The molecule has 0 aromatic heterocycles. The van der Waals surface area contributed by atoms with Crippen LogP contribution in [0.25, 0.3) is 6.08 Å². The number of benzene rings is 2. The van der Waals surface area contributed by atoms with Crippen molar-refractivity contribution < 1.29 is 19.2 Å². The van der Waals surface area contributed by atoms with Crippen LogP contribution in [0.3, 0.4) is 0 Å². The quantitative estimate of drug-likeness (QED) is 0.401. The predicted molar refractivity (Wildman–Crippen MR) is 105 cm³/mol. The molecule has 0 fully saturated rings. The molecule has 142 valence electrons. The van der Waals surface area contributed by atoms with Crippen molar-refractivity contribution in [2.75, 3.05) is 18.5 Å². The van der Waals surface area contributed by atoms with E-state index in [2.05, 4.69) is 5.32 Å². The second-order valence-electron chi connectivity index (χ2n) is 5.32. The largest absolute Gasteiger partial charge is 0.490 e. The highest BCUT2D eigenvalue weighted by molar-refractivity contribution is 6.32. The number of nitrogens with zero attached hydrogens (tertiary/aromatic N) is 1. The number of nitrogens with one attached hydrogen (secondary N) is 1. The molecule has 0 aliphatic carbocycles. The van der Waals surface area contributed by atoms with Crippen molar-refractivity contribution in [2.24, 2.45) is 0 Å². The summed E-state index contributed by atoms with van der Waals surface area (Å²) in [5.41, 5.74) is 0.757. The third kappa shape index (κ3) is 5.72. The number of hydrogen-bond donors (Lipinski definition) is 1. The minimum atomic E-state index is -0.608. The van der Waals surface area contributed by atoms with Crippen molar-refractivity contribution in [3.05, 3.63) is 63.2 Å². The topological polar surface area (TPSA) is 90.7 Å². The number of halogens is 1. The molecule has 1 N–H and O–H groups in total. The van der Waals surface area contributed by atoms with Gasteiger partial charge in [-0.1, -0.05) is 17.7 Å². The van der Waals surface area contributed by atoms with Gasteiger partial charge in [0.15, 0.2) is 11.5 Å². The van der Waals surface area contributed by atoms with Crippen LogP contribution in [0.5, 0.6) is 11.5 Å². The maximum absolute atomic E-state index is 12.1. The molecular formula is C19H19ClN2O5. The molecule has 0 spiro atoms. The van der Waals surface area contributed by atoms with Gasteiger partial charge < -0.3 is 14.8 Å². The van der Waals surface area contributed by atoms with Gasteiger partial charge in [-0.2, -0.15) is 0 Å². The monoisotopic (exact) mass is 390 g/mol. The molecule has 7 nitrogen and oxygen atoms in total. The van der Waals surface area contributed by atoms with Crippen molar-refractivity contribution in [2.45, 2.75) is 13.8 Å². The van der Waals surface area contributed by atoms with Crippen molar-refractivity contribution in [1.29, 1.82) is 0 Å². The van der Waals surface area contributed by atoms with Crippen LogP contribution in [0.1, 0.15) is 19.4 Å². The van der Waals surface area contributed by atoms with Gasteiger partial charge in [0.1, 0.15) is 5.02 Å². The molecule has 0 bridgehead atoms. The highest BCUT2D eigenvalue weighted by atomic mass is 35.5. The summed E-state index contributed by atoms with van der Waals surface area (Å²) in [4.78, 5) is 22.4. The molecule has 0 atom stereocenters. The molecule has 2 aromatic rings. The predicted octanol–water partition coefficient (Wildman–Crippen LogP) is 4.70. The first-order valence-electron chi connectivity index (χ1n) is 8.27. The standard InChI is InChI=1S/C19H19ClN2O5/c1-3-26-17-9-5-13(11-18(17)27-4-2)6-10-19(23)21-14-7-8-15(20)16(12-14)22(24)25/h5-12H,3-4H2,1-2H3,(H,21,23)/b10-6+. The van der Waals surface area contributed by atoms with E-state index in [0.29, 0.717) is 24.7 Å². The summed E-state index contributed by atoms with van der Waals surface area (Å²) in [6.45, 7) is 4.76. The smallest absolute Gasteiger partial charge is 0.289 e. The molecule has 0 aliphatic rings. The van der Waals surface area contributed by atoms with Crippen LogP contribution in [-0.4, -0.2) is 24.0 Å². The minimum Gasteiger partial charge on any atom is -0.490 e. The summed E-state index contributed by atoms with van der Waals surface area (Å²) >= 11 is 5.75. The molecule has 1 amide bonds. The lowest BCUT2D eigenvalue weighted by Gasteiger charge is -2.11. The Hall–Kier alpha value is -3.06. The van der Waals surface area contributed by atoms with E-state index in [-0.39, 0.29) is 16.4 Å². The third-order valence-electron chi connectivity index (χ3n) is 3.40. The first-order chi connectivity index (χ1) is 12.9. The van der Waals surface area contributed by atoms with E-state index < -0.39 is 10.8 Å². The van der Waals surface area contributed by atoms with Gasteiger partial charge in [0.2, 0.25) is 5.91 Å². The maximum atomic E-state index is 12.1. The van der Waals surface area contributed by atoms with Crippen molar-refractivity contribution in [3.63, 3.8) is 0 Å². The maximum Gasteiger partial charge on any atom is 0.289 e. The first-order valence-corrected chi connectivity index (χ1v) is 8.65. The molecule has 27 heavy (non-hydrogen) atoms. The second kappa shape index (κ2) is 9.59. The Morgan fingerprint density at radius 1 is 1.15 bits per heavy atom. The number of carbonyl (C=O) groups is 1. The van der Waals surface area contributed by atoms with E-state index in [1.54, 1.807) is 24.3 Å². The summed E-state index contributed by atoms with van der Waals surface area (Å²) in [7, 11) is 0. The number of nitro benzene ring substituents is 1. The Morgan fingerprint density at radius 3 is 2.52 bits per heavy atom. The van der Waals surface area contributed by atoms with Gasteiger partial charge in [-0.25, -0.2) is 0 Å². The van der Waals surface area contributed by atoms with Gasteiger partial charge in [0.25, 0.3) is 5.69 Å². The molecule has 0 heterocycles. The van der Waals surface area contributed by atoms with Crippen LogP contribution in [0, 0.1) is 10.1 Å². The van der Waals surface area contributed by atoms with Crippen LogP contribution < -0.4 is 14.8 Å². The molecule has 0 aliphatic heterocycles.